The van der Waals surface area contributed by atoms with E-state index in [4.69, 9.17) is 0 Å². The minimum absolute atomic E-state index is 0.396. The van der Waals surface area contributed by atoms with Crippen molar-refractivity contribution < 1.29 is 4.79 Å². The first-order valence-corrected chi connectivity index (χ1v) is 2.66. The maximum Gasteiger partial charge on any atom is 0.312 e. The van der Waals surface area contributed by atoms with Gasteiger partial charge in [-0.15, -0.1) is 0 Å². The third kappa shape index (κ3) is 0.816. The lowest BCUT2D eigenvalue weighted by molar-refractivity contribution is 0.255. The normalized spacial score (nSPS) is 19.6. The third-order valence-electron chi connectivity index (χ3n) is 1.45. The topological polar surface area (TPSA) is 32.3 Å². The van der Waals surface area contributed by atoms with Crippen molar-refractivity contribution in [2.24, 2.45) is 0 Å². The summed E-state index contributed by atoms with van der Waals surface area (Å²) in [5.74, 6) is 0. The summed E-state index contributed by atoms with van der Waals surface area (Å²) in [5, 5.41) is 3.06. The Hall–Kier alpha value is -0.570. The van der Waals surface area contributed by atoms with E-state index in [1.165, 1.54) is 0 Å². The van der Waals surface area contributed by atoms with Gasteiger partial charge in [-0.2, -0.15) is 0 Å². The molecule has 1 rings (SSSR count). The van der Waals surface area contributed by atoms with E-state index in [1.54, 1.807) is 11.9 Å². The van der Waals surface area contributed by atoms with Gasteiger partial charge in [0.2, 0.25) is 0 Å². The predicted molar refractivity (Wildman–Crippen MR) is 30.1 cm³/mol. The molecule has 3 heteroatoms. The Morgan fingerprint density at radius 1 is 1.75 bits per heavy atom. The maximum absolute atomic E-state index is 9.91. The molecule has 3 nitrogen and oxygen atoms in total. The number of hydrogen-bond acceptors (Lipinski definition) is 2. The molecule has 1 saturated heterocycles. The lowest BCUT2D eigenvalue weighted by Crippen LogP contribution is -2.55. The number of likely N-dealkylation sites (N-methyl/N-ethyl adjacent to an activating group) is 1. The van der Waals surface area contributed by atoms with Crippen LogP contribution in [0, 0.1) is 0 Å². The molecule has 1 N–H and O–H groups in total. The van der Waals surface area contributed by atoms with E-state index in [0.717, 1.165) is 13.1 Å². The van der Waals surface area contributed by atoms with Gasteiger partial charge in [0.05, 0.1) is 6.04 Å². The SMILES string of the molecule is CN([C]=O)C1CNC1. The van der Waals surface area contributed by atoms with E-state index in [9.17, 15) is 4.79 Å². The summed E-state index contributed by atoms with van der Waals surface area (Å²) in [6, 6.07) is 0.396. The predicted octanol–water partition coefficient (Wildman–Crippen LogP) is -1.04. The summed E-state index contributed by atoms with van der Waals surface area (Å²) in [6.45, 7) is 1.84. The Bertz CT molecular complexity index is 90.4. The van der Waals surface area contributed by atoms with Crippen molar-refractivity contribution in [2.45, 2.75) is 6.04 Å². The molecule has 1 radical (unpaired) electrons. The Morgan fingerprint density at radius 3 is 2.50 bits per heavy atom. The third-order valence-corrected chi connectivity index (χ3v) is 1.45. The zero-order valence-corrected chi connectivity index (χ0v) is 4.85. The monoisotopic (exact) mass is 113 g/mol. The van der Waals surface area contributed by atoms with Crippen LogP contribution in [0.2, 0.25) is 0 Å². The molecule has 0 aliphatic carbocycles. The molecule has 0 spiro atoms. The minimum atomic E-state index is 0.396. The van der Waals surface area contributed by atoms with E-state index in [0.29, 0.717) is 6.04 Å². The van der Waals surface area contributed by atoms with Crippen molar-refractivity contribution >= 4 is 6.41 Å². The van der Waals surface area contributed by atoms with Gasteiger partial charge >= 0.3 is 6.41 Å². The molecule has 1 aliphatic rings. The highest BCUT2D eigenvalue weighted by atomic mass is 16.1. The summed E-state index contributed by atoms with van der Waals surface area (Å²) < 4.78 is 0. The molecule has 0 atom stereocenters. The fourth-order valence-corrected chi connectivity index (χ4v) is 0.622. The van der Waals surface area contributed by atoms with Crippen LogP contribution in [0.5, 0.6) is 0 Å². The molecule has 45 valence electrons. The molecule has 0 bridgehead atoms. The first-order chi connectivity index (χ1) is 3.84. The Kier molecular flexibility index (Phi) is 1.48. The van der Waals surface area contributed by atoms with Crippen LogP contribution in [0.15, 0.2) is 0 Å². The second-order valence-corrected chi connectivity index (χ2v) is 2.01. The zero-order valence-electron chi connectivity index (χ0n) is 4.85. The first-order valence-electron chi connectivity index (χ1n) is 2.66. The molecule has 1 amide bonds. The van der Waals surface area contributed by atoms with Crippen LogP contribution in [0.25, 0.3) is 0 Å². The second kappa shape index (κ2) is 2.13. The van der Waals surface area contributed by atoms with Crippen molar-refractivity contribution in [3.05, 3.63) is 0 Å². The maximum atomic E-state index is 9.91. The van der Waals surface area contributed by atoms with Gasteiger partial charge in [-0.1, -0.05) is 0 Å². The first kappa shape index (κ1) is 5.56. The van der Waals surface area contributed by atoms with Gasteiger partial charge in [0.25, 0.3) is 0 Å². The van der Waals surface area contributed by atoms with Crippen molar-refractivity contribution in [1.29, 1.82) is 0 Å². The van der Waals surface area contributed by atoms with Crippen LogP contribution in [-0.2, 0) is 4.79 Å². The number of nitrogens with zero attached hydrogens (tertiary/aromatic N) is 1. The molecule has 1 aliphatic heterocycles. The Morgan fingerprint density at radius 2 is 2.38 bits per heavy atom. The second-order valence-electron chi connectivity index (χ2n) is 2.01. The molecule has 1 fully saturated rings. The highest BCUT2D eigenvalue weighted by molar-refractivity contribution is 5.48. The van der Waals surface area contributed by atoms with Crippen LogP contribution in [-0.4, -0.2) is 37.5 Å². The fraction of sp³-hybridized carbons (Fsp3) is 0.800. The van der Waals surface area contributed by atoms with Crippen LogP contribution < -0.4 is 5.32 Å². The van der Waals surface area contributed by atoms with Crippen molar-refractivity contribution in [3.8, 4) is 0 Å². The standard InChI is InChI=1S/C5H9N2O/c1-7(4-8)5-2-6-3-5/h5-6H,2-3H2,1H3. The lowest BCUT2D eigenvalue weighted by Gasteiger charge is -2.32. The highest BCUT2D eigenvalue weighted by Gasteiger charge is 2.19. The van der Waals surface area contributed by atoms with Crippen molar-refractivity contribution in [3.63, 3.8) is 0 Å². The highest BCUT2D eigenvalue weighted by Crippen LogP contribution is 1.97. The smallest absolute Gasteiger partial charge is 0.312 e. The molecule has 0 saturated carbocycles. The van der Waals surface area contributed by atoms with E-state index in [2.05, 4.69) is 5.32 Å². The summed E-state index contributed by atoms with van der Waals surface area (Å²) in [7, 11) is 1.75. The van der Waals surface area contributed by atoms with Gasteiger partial charge in [-0.05, 0) is 0 Å². The van der Waals surface area contributed by atoms with Gasteiger partial charge < -0.3 is 10.2 Å². The number of carbonyl (C=O) groups excluding carboxylic acids is 1. The summed E-state index contributed by atoms with van der Waals surface area (Å²) in [6.07, 6.45) is 1.81. The molecule has 0 aromatic heterocycles. The molecule has 8 heavy (non-hydrogen) atoms. The van der Waals surface area contributed by atoms with Crippen LogP contribution in [0.3, 0.4) is 0 Å². The molecule has 0 aromatic carbocycles. The minimum Gasteiger partial charge on any atom is -0.332 e. The average molecular weight is 113 g/mol. The summed E-state index contributed by atoms with van der Waals surface area (Å²) in [5.41, 5.74) is 0. The van der Waals surface area contributed by atoms with E-state index in [1.807, 2.05) is 6.41 Å². The average Bonchev–Trinajstić information content (AvgIpc) is 1.62. The fourth-order valence-electron chi connectivity index (χ4n) is 0.622. The van der Waals surface area contributed by atoms with Gasteiger partial charge in [0.15, 0.2) is 0 Å². The number of nitrogens with one attached hydrogen (secondary N) is 1. The molecule has 0 unspecified atom stereocenters. The van der Waals surface area contributed by atoms with E-state index in [-0.39, 0.29) is 0 Å². The van der Waals surface area contributed by atoms with Crippen LogP contribution in [0.4, 0.5) is 0 Å². The Balaban J connectivity index is 2.22. The number of amides is 1. The lowest BCUT2D eigenvalue weighted by atomic mass is 10.2. The van der Waals surface area contributed by atoms with Crippen LogP contribution in [0.1, 0.15) is 0 Å². The zero-order chi connectivity index (χ0) is 5.98. The number of hydrogen-bond donors (Lipinski definition) is 1. The summed E-state index contributed by atoms with van der Waals surface area (Å²) >= 11 is 0. The largest absolute Gasteiger partial charge is 0.332 e. The molecule has 0 aromatic rings. The van der Waals surface area contributed by atoms with Gasteiger partial charge in [-0.3, -0.25) is 4.79 Å². The molecular weight excluding hydrogens is 104 g/mol. The number of rotatable bonds is 2. The Labute approximate surface area is 48.7 Å². The van der Waals surface area contributed by atoms with Gasteiger partial charge in [0, 0.05) is 20.1 Å². The molecular formula is C5H9N2O. The van der Waals surface area contributed by atoms with Gasteiger partial charge in [0.1, 0.15) is 0 Å². The van der Waals surface area contributed by atoms with E-state index < -0.39 is 0 Å². The summed E-state index contributed by atoms with van der Waals surface area (Å²) in [4.78, 5) is 11.5. The van der Waals surface area contributed by atoms with Crippen molar-refractivity contribution in [2.75, 3.05) is 20.1 Å². The van der Waals surface area contributed by atoms with Crippen LogP contribution >= 0.6 is 0 Å². The van der Waals surface area contributed by atoms with Gasteiger partial charge in [-0.25, -0.2) is 0 Å². The quantitative estimate of drug-likeness (QED) is 0.464. The molecule has 1 heterocycles. The van der Waals surface area contributed by atoms with Crippen molar-refractivity contribution in [1.82, 2.24) is 10.2 Å². The van der Waals surface area contributed by atoms with E-state index >= 15 is 0 Å².